The first kappa shape index (κ1) is 14.0. The molecule has 0 radical (unpaired) electrons. The zero-order valence-electron chi connectivity index (χ0n) is 11.4. The topological polar surface area (TPSA) is 52.6 Å². The van der Waals surface area contributed by atoms with E-state index in [-0.39, 0.29) is 12.5 Å². The Hall–Kier alpha value is -1.39. The van der Waals surface area contributed by atoms with Crippen molar-refractivity contribution >= 4 is 11.6 Å². The molecule has 1 unspecified atom stereocenters. The summed E-state index contributed by atoms with van der Waals surface area (Å²) in [6.07, 6.45) is 1.93. The quantitative estimate of drug-likeness (QED) is 0.848. The monoisotopic (exact) mass is 262 g/mol. The second-order valence-corrected chi connectivity index (χ2v) is 5.32. The predicted octanol–water partition coefficient (Wildman–Crippen LogP) is 1.64. The first-order chi connectivity index (χ1) is 9.17. The van der Waals surface area contributed by atoms with Crippen LogP contribution < -0.4 is 5.32 Å². The second-order valence-electron chi connectivity index (χ2n) is 5.32. The molecule has 1 fully saturated rings. The highest BCUT2D eigenvalue weighted by Crippen LogP contribution is 2.18. The minimum atomic E-state index is 0.0356. The van der Waals surface area contributed by atoms with Crippen molar-refractivity contribution in [1.29, 1.82) is 0 Å². The van der Waals surface area contributed by atoms with Crippen LogP contribution in [0.2, 0.25) is 0 Å². The Kier molecular flexibility index (Phi) is 4.93. The predicted molar refractivity (Wildman–Crippen MR) is 76.1 cm³/mol. The van der Waals surface area contributed by atoms with Crippen LogP contribution in [0.3, 0.4) is 0 Å². The number of aryl methyl sites for hydroxylation is 1. The summed E-state index contributed by atoms with van der Waals surface area (Å²) >= 11 is 0. The lowest BCUT2D eigenvalue weighted by atomic mass is 10.1. The molecule has 0 aromatic heterocycles. The third-order valence-electron chi connectivity index (χ3n) is 3.61. The average molecular weight is 262 g/mol. The fraction of sp³-hybridized carbons (Fsp3) is 0.533. The summed E-state index contributed by atoms with van der Waals surface area (Å²) < 4.78 is 0. The number of aliphatic hydroxyl groups is 1. The number of likely N-dealkylation sites (tertiary alicyclic amines) is 1. The van der Waals surface area contributed by atoms with Crippen LogP contribution in [-0.4, -0.2) is 42.2 Å². The molecule has 0 spiro atoms. The van der Waals surface area contributed by atoms with Crippen LogP contribution in [0.1, 0.15) is 18.4 Å². The van der Waals surface area contributed by atoms with Gasteiger partial charge < -0.3 is 10.4 Å². The molecule has 1 amide bonds. The lowest BCUT2D eigenvalue weighted by Gasteiger charge is -2.15. The summed E-state index contributed by atoms with van der Waals surface area (Å²) in [4.78, 5) is 14.1. The first-order valence-electron chi connectivity index (χ1n) is 6.87. The third kappa shape index (κ3) is 4.33. The number of carbonyl (C=O) groups excluding carboxylic acids is 1. The smallest absolute Gasteiger partial charge is 0.238 e. The van der Waals surface area contributed by atoms with Gasteiger partial charge in [0.15, 0.2) is 0 Å². The summed E-state index contributed by atoms with van der Waals surface area (Å²) in [5.41, 5.74) is 2.03. The van der Waals surface area contributed by atoms with Crippen molar-refractivity contribution in [3.8, 4) is 0 Å². The molecule has 2 N–H and O–H groups in total. The number of aliphatic hydroxyl groups excluding tert-OH is 1. The van der Waals surface area contributed by atoms with Gasteiger partial charge in [-0.15, -0.1) is 0 Å². The van der Waals surface area contributed by atoms with E-state index < -0.39 is 0 Å². The normalized spacial score (nSPS) is 19.6. The molecule has 0 bridgehead atoms. The van der Waals surface area contributed by atoms with Gasteiger partial charge in [0.2, 0.25) is 5.91 Å². The summed E-state index contributed by atoms with van der Waals surface area (Å²) in [5, 5.41) is 11.8. The van der Waals surface area contributed by atoms with Crippen LogP contribution >= 0.6 is 0 Å². The Labute approximate surface area is 114 Å². The lowest BCUT2D eigenvalue weighted by Crippen LogP contribution is -2.31. The maximum Gasteiger partial charge on any atom is 0.238 e. The molecule has 1 saturated heterocycles. The largest absolute Gasteiger partial charge is 0.396 e. The zero-order chi connectivity index (χ0) is 13.7. The minimum Gasteiger partial charge on any atom is -0.396 e. The Morgan fingerprint density at radius 2 is 2.16 bits per heavy atom. The van der Waals surface area contributed by atoms with Gasteiger partial charge in [-0.1, -0.05) is 17.7 Å². The maximum atomic E-state index is 11.9. The summed E-state index contributed by atoms with van der Waals surface area (Å²) in [6, 6.07) is 7.82. The van der Waals surface area contributed by atoms with Crippen molar-refractivity contribution in [2.75, 3.05) is 31.6 Å². The maximum absolute atomic E-state index is 11.9. The fourth-order valence-corrected chi connectivity index (χ4v) is 2.52. The van der Waals surface area contributed by atoms with Gasteiger partial charge in [0.05, 0.1) is 6.54 Å². The number of anilines is 1. The Morgan fingerprint density at radius 1 is 1.42 bits per heavy atom. The third-order valence-corrected chi connectivity index (χ3v) is 3.61. The van der Waals surface area contributed by atoms with Crippen molar-refractivity contribution < 1.29 is 9.90 Å². The number of nitrogens with one attached hydrogen (secondary N) is 1. The number of nitrogens with zero attached hydrogens (tertiary/aromatic N) is 1. The van der Waals surface area contributed by atoms with E-state index >= 15 is 0 Å². The highest BCUT2D eigenvalue weighted by molar-refractivity contribution is 5.92. The molecular formula is C15H22N2O2. The van der Waals surface area contributed by atoms with Crippen LogP contribution in [0.25, 0.3) is 0 Å². The number of amides is 1. The van der Waals surface area contributed by atoms with E-state index in [1.807, 2.05) is 31.2 Å². The highest BCUT2D eigenvalue weighted by Gasteiger charge is 2.23. The number of rotatable bonds is 5. The van der Waals surface area contributed by atoms with Crippen LogP contribution in [-0.2, 0) is 4.79 Å². The van der Waals surface area contributed by atoms with Crippen molar-refractivity contribution in [3.63, 3.8) is 0 Å². The van der Waals surface area contributed by atoms with Gasteiger partial charge in [-0.2, -0.15) is 0 Å². The Balaban J connectivity index is 1.77. The first-order valence-corrected chi connectivity index (χ1v) is 6.87. The van der Waals surface area contributed by atoms with Crippen LogP contribution in [0.15, 0.2) is 24.3 Å². The second kappa shape index (κ2) is 6.68. The zero-order valence-corrected chi connectivity index (χ0v) is 11.4. The summed E-state index contributed by atoms with van der Waals surface area (Å²) in [5.74, 6) is 0.575. The molecule has 1 aromatic carbocycles. The molecule has 0 saturated carbocycles. The van der Waals surface area contributed by atoms with E-state index in [0.29, 0.717) is 12.5 Å². The van der Waals surface area contributed by atoms with Crippen molar-refractivity contribution in [2.24, 2.45) is 5.92 Å². The van der Waals surface area contributed by atoms with Gasteiger partial charge in [-0.25, -0.2) is 0 Å². The molecule has 1 aliphatic rings. The molecular weight excluding hydrogens is 240 g/mol. The standard InChI is InChI=1S/C15H22N2O2/c1-12-2-4-14(5-3-12)16-15(19)11-17-8-6-13(10-17)7-9-18/h2-5,13,18H,6-11H2,1H3,(H,16,19). The van der Waals surface area contributed by atoms with Crippen molar-refractivity contribution in [1.82, 2.24) is 4.90 Å². The van der Waals surface area contributed by atoms with Crippen LogP contribution in [0.4, 0.5) is 5.69 Å². The van der Waals surface area contributed by atoms with Crippen LogP contribution in [0, 0.1) is 12.8 Å². The molecule has 19 heavy (non-hydrogen) atoms. The molecule has 1 atom stereocenters. The van der Waals surface area contributed by atoms with Crippen LogP contribution in [0.5, 0.6) is 0 Å². The molecule has 104 valence electrons. The van der Waals surface area contributed by atoms with E-state index in [2.05, 4.69) is 10.2 Å². The number of carbonyl (C=O) groups is 1. The van der Waals surface area contributed by atoms with Gasteiger partial charge in [0.25, 0.3) is 0 Å². The van der Waals surface area contributed by atoms with Gasteiger partial charge in [-0.05, 0) is 44.4 Å². The van der Waals surface area contributed by atoms with E-state index in [0.717, 1.165) is 31.6 Å². The van der Waals surface area contributed by atoms with E-state index in [1.165, 1.54) is 5.56 Å². The van der Waals surface area contributed by atoms with E-state index in [4.69, 9.17) is 5.11 Å². The summed E-state index contributed by atoms with van der Waals surface area (Å²) in [6.45, 7) is 4.58. The van der Waals surface area contributed by atoms with Crippen molar-refractivity contribution in [2.45, 2.75) is 19.8 Å². The molecule has 1 aromatic rings. The average Bonchev–Trinajstić information content (AvgIpc) is 2.80. The van der Waals surface area contributed by atoms with E-state index in [9.17, 15) is 4.79 Å². The fourth-order valence-electron chi connectivity index (χ4n) is 2.52. The minimum absolute atomic E-state index is 0.0356. The van der Waals surface area contributed by atoms with Crippen molar-refractivity contribution in [3.05, 3.63) is 29.8 Å². The van der Waals surface area contributed by atoms with E-state index in [1.54, 1.807) is 0 Å². The number of benzene rings is 1. The highest BCUT2D eigenvalue weighted by atomic mass is 16.3. The molecule has 4 nitrogen and oxygen atoms in total. The lowest BCUT2D eigenvalue weighted by molar-refractivity contribution is -0.117. The summed E-state index contributed by atoms with van der Waals surface area (Å²) in [7, 11) is 0. The Bertz CT molecular complexity index is 417. The molecule has 4 heteroatoms. The van der Waals surface area contributed by atoms with Gasteiger partial charge >= 0.3 is 0 Å². The Morgan fingerprint density at radius 3 is 2.84 bits per heavy atom. The van der Waals surface area contributed by atoms with Gasteiger partial charge in [0.1, 0.15) is 0 Å². The van der Waals surface area contributed by atoms with Gasteiger partial charge in [0, 0.05) is 18.8 Å². The van der Waals surface area contributed by atoms with Gasteiger partial charge in [-0.3, -0.25) is 9.69 Å². The number of hydrogen-bond acceptors (Lipinski definition) is 3. The molecule has 0 aliphatic carbocycles. The molecule has 2 rings (SSSR count). The molecule has 1 aliphatic heterocycles. The number of hydrogen-bond donors (Lipinski definition) is 2. The SMILES string of the molecule is Cc1ccc(NC(=O)CN2CCC(CCO)C2)cc1. The molecule has 1 heterocycles.